The van der Waals surface area contributed by atoms with E-state index in [1.165, 1.54) is 18.2 Å². The highest BCUT2D eigenvalue weighted by Gasteiger charge is 2.11. The van der Waals surface area contributed by atoms with Gasteiger partial charge in [-0.25, -0.2) is 4.39 Å². The lowest BCUT2D eigenvalue weighted by molar-refractivity contribution is 0.178. The molecule has 2 rings (SSSR count). The van der Waals surface area contributed by atoms with E-state index in [2.05, 4.69) is 0 Å². The zero-order valence-electron chi connectivity index (χ0n) is 10.0. The molecule has 0 heterocycles. The Hall–Kier alpha value is -1.38. The Balaban J connectivity index is 2.18. The quantitative estimate of drug-likeness (QED) is 0.886. The fourth-order valence-corrected chi connectivity index (χ4v) is 2.01. The van der Waals surface area contributed by atoms with Crippen molar-refractivity contribution in [3.63, 3.8) is 0 Å². The first-order valence-electron chi connectivity index (χ1n) is 5.75. The maximum Gasteiger partial charge on any atom is 0.123 e. The minimum Gasteiger partial charge on any atom is -0.388 e. The van der Waals surface area contributed by atoms with E-state index in [9.17, 15) is 9.50 Å². The Morgan fingerprint density at radius 2 is 1.83 bits per heavy atom. The van der Waals surface area contributed by atoms with Gasteiger partial charge in [0.1, 0.15) is 5.82 Å². The fraction of sp³-hybridized carbons (Fsp3) is 0.200. The minimum absolute atomic E-state index is 0.305. The van der Waals surface area contributed by atoms with Crippen LogP contribution in [0.1, 0.15) is 22.8 Å². The summed E-state index contributed by atoms with van der Waals surface area (Å²) in [6.45, 7) is 1.99. The van der Waals surface area contributed by atoms with Crippen LogP contribution in [-0.4, -0.2) is 5.11 Å². The molecule has 0 saturated heterocycles. The Labute approximate surface area is 111 Å². The summed E-state index contributed by atoms with van der Waals surface area (Å²) < 4.78 is 13.1. The SMILES string of the molecule is Cc1ccc(C(O)Cc2cc(F)ccc2Cl)cc1. The Kier molecular flexibility index (Phi) is 4.00. The van der Waals surface area contributed by atoms with E-state index in [0.29, 0.717) is 17.0 Å². The van der Waals surface area contributed by atoms with E-state index in [4.69, 9.17) is 11.6 Å². The maximum absolute atomic E-state index is 13.1. The largest absolute Gasteiger partial charge is 0.388 e. The van der Waals surface area contributed by atoms with Crippen LogP contribution in [0.5, 0.6) is 0 Å². The van der Waals surface area contributed by atoms with Crippen LogP contribution in [0.15, 0.2) is 42.5 Å². The number of aliphatic hydroxyl groups excluding tert-OH is 1. The summed E-state index contributed by atoms with van der Waals surface area (Å²) in [4.78, 5) is 0. The van der Waals surface area contributed by atoms with Crippen LogP contribution in [0.4, 0.5) is 4.39 Å². The molecule has 0 radical (unpaired) electrons. The van der Waals surface area contributed by atoms with E-state index in [-0.39, 0.29) is 5.82 Å². The van der Waals surface area contributed by atoms with Gasteiger partial charge < -0.3 is 5.11 Å². The van der Waals surface area contributed by atoms with Crippen molar-refractivity contribution in [1.29, 1.82) is 0 Å². The van der Waals surface area contributed by atoms with Crippen molar-refractivity contribution >= 4 is 11.6 Å². The van der Waals surface area contributed by atoms with E-state index in [0.717, 1.165) is 11.1 Å². The normalized spacial score (nSPS) is 12.4. The Bertz CT molecular complexity index is 537. The predicted octanol–water partition coefficient (Wildman–Crippen LogP) is 4.06. The van der Waals surface area contributed by atoms with Crippen LogP contribution in [0.2, 0.25) is 5.02 Å². The van der Waals surface area contributed by atoms with E-state index < -0.39 is 6.10 Å². The number of hydrogen-bond acceptors (Lipinski definition) is 1. The molecule has 0 aliphatic heterocycles. The summed E-state index contributed by atoms with van der Waals surface area (Å²) in [5, 5.41) is 10.6. The van der Waals surface area contributed by atoms with E-state index in [1.807, 2.05) is 31.2 Å². The molecule has 0 bridgehead atoms. The summed E-state index contributed by atoms with van der Waals surface area (Å²) in [5.41, 5.74) is 2.56. The number of rotatable bonds is 3. The van der Waals surface area contributed by atoms with Crippen LogP contribution < -0.4 is 0 Å². The highest BCUT2D eigenvalue weighted by molar-refractivity contribution is 6.31. The van der Waals surface area contributed by atoms with Gasteiger partial charge in [-0.1, -0.05) is 41.4 Å². The molecule has 0 aliphatic rings. The summed E-state index contributed by atoms with van der Waals surface area (Å²) in [7, 11) is 0. The molecule has 2 aromatic rings. The summed E-state index contributed by atoms with van der Waals surface area (Å²) in [6.07, 6.45) is -0.371. The van der Waals surface area contributed by atoms with Gasteiger partial charge >= 0.3 is 0 Å². The van der Waals surface area contributed by atoms with Crippen LogP contribution in [0.3, 0.4) is 0 Å². The second-order valence-corrected chi connectivity index (χ2v) is 4.77. The van der Waals surface area contributed by atoms with Crippen LogP contribution in [0.25, 0.3) is 0 Å². The standard InChI is InChI=1S/C15H14ClFO/c1-10-2-4-11(5-3-10)15(18)9-12-8-13(17)6-7-14(12)16/h2-8,15,18H,9H2,1H3. The molecule has 18 heavy (non-hydrogen) atoms. The maximum atomic E-state index is 13.1. The smallest absolute Gasteiger partial charge is 0.123 e. The Morgan fingerprint density at radius 1 is 1.17 bits per heavy atom. The first-order valence-corrected chi connectivity index (χ1v) is 6.12. The van der Waals surface area contributed by atoms with Crippen molar-refractivity contribution in [2.75, 3.05) is 0 Å². The molecular weight excluding hydrogens is 251 g/mol. The van der Waals surface area contributed by atoms with Crippen LogP contribution in [0, 0.1) is 12.7 Å². The topological polar surface area (TPSA) is 20.2 Å². The second-order valence-electron chi connectivity index (χ2n) is 4.37. The molecule has 2 aromatic carbocycles. The highest BCUT2D eigenvalue weighted by Crippen LogP contribution is 2.24. The minimum atomic E-state index is -0.676. The average Bonchev–Trinajstić information content (AvgIpc) is 2.34. The molecule has 0 fully saturated rings. The van der Waals surface area contributed by atoms with Gasteiger partial charge in [-0.3, -0.25) is 0 Å². The average molecular weight is 265 g/mol. The molecule has 0 saturated carbocycles. The van der Waals surface area contributed by atoms with E-state index in [1.54, 1.807) is 0 Å². The van der Waals surface area contributed by atoms with Crippen molar-refractivity contribution in [2.24, 2.45) is 0 Å². The number of benzene rings is 2. The lowest BCUT2D eigenvalue weighted by Crippen LogP contribution is -2.02. The first kappa shape index (κ1) is 13.1. The van der Waals surface area contributed by atoms with Crippen LogP contribution >= 0.6 is 11.6 Å². The monoisotopic (exact) mass is 264 g/mol. The van der Waals surface area contributed by atoms with Crippen molar-refractivity contribution in [3.8, 4) is 0 Å². The van der Waals surface area contributed by atoms with Gasteiger partial charge in [0.05, 0.1) is 6.10 Å². The lowest BCUT2D eigenvalue weighted by Gasteiger charge is -2.12. The van der Waals surface area contributed by atoms with Gasteiger partial charge in [0.25, 0.3) is 0 Å². The number of aliphatic hydroxyl groups is 1. The second kappa shape index (κ2) is 5.51. The third kappa shape index (κ3) is 3.09. The summed E-state index contributed by atoms with van der Waals surface area (Å²) in [5.74, 6) is -0.342. The molecular formula is C15H14ClFO. The molecule has 0 spiro atoms. The van der Waals surface area contributed by atoms with Gasteiger partial charge in [0.15, 0.2) is 0 Å². The van der Waals surface area contributed by atoms with Gasteiger partial charge in [0.2, 0.25) is 0 Å². The highest BCUT2D eigenvalue weighted by atomic mass is 35.5. The van der Waals surface area contributed by atoms with Crippen molar-refractivity contribution in [2.45, 2.75) is 19.4 Å². The van der Waals surface area contributed by atoms with Crippen molar-refractivity contribution < 1.29 is 9.50 Å². The third-order valence-corrected chi connectivity index (χ3v) is 3.25. The molecule has 0 aromatic heterocycles. The van der Waals surface area contributed by atoms with Crippen molar-refractivity contribution in [1.82, 2.24) is 0 Å². The molecule has 1 unspecified atom stereocenters. The molecule has 0 amide bonds. The molecule has 94 valence electrons. The van der Waals surface area contributed by atoms with Gasteiger partial charge in [-0.05, 0) is 36.2 Å². The first-order chi connectivity index (χ1) is 8.56. The fourth-order valence-electron chi connectivity index (χ4n) is 1.81. The molecule has 0 aliphatic carbocycles. The lowest BCUT2D eigenvalue weighted by atomic mass is 10.0. The van der Waals surface area contributed by atoms with Gasteiger partial charge in [-0.15, -0.1) is 0 Å². The molecule has 1 atom stereocenters. The summed E-state index contributed by atoms with van der Waals surface area (Å²) in [6, 6.07) is 11.8. The van der Waals surface area contributed by atoms with Gasteiger partial charge in [0, 0.05) is 11.4 Å². The zero-order chi connectivity index (χ0) is 13.1. The zero-order valence-corrected chi connectivity index (χ0v) is 10.8. The molecule has 3 heteroatoms. The number of halogens is 2. The van der Waals surface area contributed by atoms with E-state index >= 15 is 0 Å². The number of aryl methyl sites for hydroxylation is 1. The third-order valence-electron chi connectivity index (χ3n) is 2.88. The Morgan fingerprint density at radius 3 is 2.50 bits per heavy atom. The molecule has 1 nitrogen and oxygen atoms in total. The van der Waals surface area contributed by atoms with Crippen molar-refractivity contribution in [3.05, 3.63) is 70.0 Å². The predicted molar refractivity (Wildman–Crippen MR) is 71.3 cm³/mol. The number of hydrogen-bond donors (Lipinski definition) is 1. The van der Waals surface area contributed by atoms with Crippen LogP contribution in [-0.2, 0) is 6.42 Å². The molecule has 1 N–H and O–H groups in total. The van der Waals surface area contributed by atoms with Gasteiger partial charge in [-0.2, -0.15) is 0 Å². The summed E-state index contributed by atoms with van der Waals surface area (Å²) >= 11 is 5.98.